The average molecular weight is 873 g/mol. The number of benzene rings is 1. The fourth-order valence-corrected chi connectivity index (χ4v) is 7.28. The maximum Gasteiger partial charge on any atom is 0.302 e. The highest BCUT2D eigenvalue weighted by molar-refractivity contribution is 14.1. The number of amides is 2. The van der Waals surface area contributed by atoms with E-state index in [1.54, 1.807) is 22.6 Å². The minimum atomic E-state index is -1.13. The summed E-state index contributed by atoms with van der Waals surface area (Å²) in [4.78, 5) is 74.0. The van der Waals surface area contributed by atoms with Gasteiger partial charge in [0.05, 0.1) is 24.0 Å². The van der Waals surface area contributed by atoms with Gasteiger partial charge in [0.2, 0.25) is 0 Å². The van der Waals surface area contributed by atoms with Gasteiger partial charge in [-0.1, -0.05) is 0 Å². The van der Waals surface area contributed by atoms with Crippen molar-refractivity contribution < 1.29 is 47.7 Å². The number of halogens is 3. The van der Waals surface area contributed by atoms with Gasteiger partial charge in [-0.3, -0.25) is 28.8 Å². The molecule has 0 unspecified atom stereocenters. The Labute approximate surface area is 259 Å². The Morgan fingerprint density at radius 1 is 0.658 bits per heavy atom. The molecule has 16 heteroatoms. The average Bonchev–Trinajstić information content (AvgIpc) is 2.79. The fraction of sp³-hybridized carbons (Fsp3) is 0.455. The van der Waals surface area contributed by atoms with E-state index in [-0.39, 0.29) is 24.0 Å². The zero-order chi connectivity index (χ0) is 29.3. The quantitative estimate of drug-likeness (QED) is 0.134. The smallest absolute Gasteiger partial charge is 0.302 e. The number of carbonyl (C=O) groups is 6. The second kappa shape index (κ2) is 15.6. The number of hydrogen-bond donors (Lipinski definition) is 2. The lowest BCUT2D eigenvalue weighted by atomic mass is 10.0. The molecule has 0 spiro atoms. The van der Waals surface area contributed by atoms with Crippen molar-refractivity contribution in [2.45, 2.75) is 39.8 Å². The van der Waals surface area contributed by atoms with Crippen molar-refractivity contribution in [1.29, 1.82) is 0 Å². The molecule has 0 radical (unpaired) electrons. The van der Waals surface area contributed by atoms with Crippen molar-refractivity contribution >= 4 is 109 Å². The molecule has 0 aromatic heterocycles. The molecule has 0 heterocycles. The maximum atomic E-state index is 14.2. The zero-order valence-electron chi connectivity index (χ0n) is 20.8. The van der Waals surface area contributed by atoms with Gasteiger partial charge in [-0.05, 0) is 67.8 Å². The van der Waals surface area contributed by atoms with Crippen LogP contribution in [0.1, 0.15) is 48.4 Å². The maximum absolute atomic E-state index is 14.2. The monoisotopic (exact) mass is 873 g/mol. The molecule has 0 aliphatic heterocycles. The van der Waals surface area contributed by atoms with E-state index in [2.05, 4.69) is 0 Å². The summed E-state index contributed by atoms with van der Waals surface area (Å²) in [5, 5.41) is 0. The van der Waals surface area contributed by atoms with Crippen molar-refractivity contribution in [2.75, 3.05) is 32.2 Å². The summed E-state index contributed by atoms with van der Waals surface area (Å²) in [7, 11) is 0. The Morgan fingerprint density at radius 3 is 1.26 bits per heavy atom. The van der Waals surface area contributed by atoms with Crippen LogP contribution in [-0.2, 0) is 38.1 Å². The SMILES string of the molecule is CC(=O)OCC(COC(C)=O)N(C(=O)c1c(I)c(N)c(I)c(C(N)=O)c1I)C(COC(C)=O)COC(C)=O. The predicted molar refractivity (Wildman–Crippen MR) is 158 cm³/mol. The second-order valence-corrected chi connectivity index (χ2v) is 10.9. The van der Waals surface area contributed by atoms with E-state index in [1.807, 2.05) is 45.2 Å². The van der Waals surface area contributed by atoms with Gasteiger partial charge in [-0.25, -0.2) is 0 Å². The van der Waals surface area contributed by atoms with E-state index < -0.39 is 74.2 Å². The van der Waals surface area contributed by atoms with Crippen LogP contribution < -0.4 is 11.5 Å². The van der Waals surface area contributed by atoms with Crippen molar-refractivity contribution in [1.82, 2.24) is 4.90 Å². The molecule has 1 aromatic carbocycles. The summed E-state index contributed by atoms with van der Waals surface area (Å²) in [6.07, 6.45) is 0. The molecule has 0 saturated heterocycles. The first kappa shape index (κ1) is 34.1. The molecule has 13 nitrogen and oxygen atoms in total. The summed E-state index contributed by atoms with van der Waals surface area (Å²) in [6.45, 7) is 2.87. The van der Waals surface area contributed by atoms with E-state index in [4.69, 9.17) is 30.4 Å². The van der Waals surface area contributed by atoms with Crippen molar-refractivity contribution in [3.63, 3.8) is 0 Å². The molecular weight excluding hydrogens is 847 g/mol. The molecule has 0 fully saturated rings. The molecule has 2 amide bonds. The van der Waals surface area contributed by atoms with Crippen molar-refractivity contribution in [2.24, 2.45) is 5.73 Å². The molecule has 0 atom stereocenters. The van der Waals surface area contributed by atoms with E-state index in [9.17, 15) is 28.8 Å². The Hall–Kier alpha value is -1.97. The molecule has 0 bridgehead atoms. The van der Waals surface area contributed by atoms with Gasteiger partial charge in [0, 0.05) is 31.3 Å². The minimum absolute atomic E-state index is 0.0143. The molecule has 210 valence electrons. The summed E-state index contributed by atoms with van der Waals surface area (Å²) in [5.41, 5.74) is 11.9. The number of carbonyl (C=O) groups excluding carboxylic acids is 6. The second-order valence-electron chi connectivity index (χ2n) is 7.70. The number of nitrogen functional groups attached to an aromatic ring is 1. The van der Waals surface area contributed by atoms with Crippen LogP contribution in [0.4, 0.5) is 5.69 Å². The van der Waals surface area contributed by atoms with E-state index in [0.717, 1.165) is 32.6 Å². The molecule has 1 rings (SSSR count). The fourth-order valence-electron chi connectivity index (χ4n) is 3.12. The van der Waals surface area contributed by atoms with Gasteiger partial charge in [-0.2, -0.15) is 0 Å². The number of nitrogens with zero attached hydrogens (tertiary/aromatic N) is 1. The summed E-state index contributed by atoms with van der Waals surface area (Å²) in [6, 6.07) is -2.26. The highest BCUT2D eigenvalue weighted by atomic mass is 127. The summed E-state index contributed by atoms with van der Waals surface area (Å²) >= 11 is 5.48. The number of nitrogens with two attached hydrogens (primary N) is 2. The van der Waals surface area contributed by atoms with Crippen LogP contribution in [0.3, 0.4) is 0 Å². The highest BCUT2D eigenvalue weighted by Gasteiger charge is 2.38. The normalized spacial score (nSPS) is 10.7. The molecular formula is C22H26I3N3O10. The molecule has 38 heavy (non-hydrogen) atoms. The summed E-state index contributed by atoms with van der Waals surface area (Å²) in [5.74, 6) is -4.31. The van der Waals surface area contributed by atoms with Crippen molar-refractivity contribution in [3.05, 3.63) is 21.8 Å². The lowest BCUT2D eigenvalue weighted by Crippen LogP contribution is -2.55. The molecule has 0 saturated carbocycles. The third-order valence-corrected chi connectivity index (χ3v) is 8.07. The number of esters is 4. The van der Waals surface area contributed by atoms with Gasteiger partial charge in [-0.15, -0.1) is 0 Å². The molecule has 1 aromatic rings. The van der Waals surface area contributed by atoms with Crippen LogP contribution in [0.25, 0.3) is 0 Å². The van der Waals surface area contributed by atoms with E-state index in [0.29, 0.717) is 3.57 Å². The van der Waals surface area contributed by atoms with Crippen LogP contribution in [-0.4, -0.2) is 79.1 Å². The predicted octanol–water partition coefficient (Wildman–Crippen LogP) is 1.61. The first-order valence-electron chi connectivity index (χ1n) is 10.7. The standard InChI is InChI=1S/C22H26I3N3O10/c1-9(29)35-5-13(6-36-10(2)30)28(14(7-37-11(3)31)8-38-12(4)32)22(34)16-17(23)15(21(27)33)18(24)20(26)19(16)25/h13-14H,5-8,26H2,1-4H3,(H2,27,33). The topological polar surface area (TPSA) is 195 Å². The van der Waals surface area contributed by atoms with Crippen LogP contribution >= 0.6 is 67.8 Å². The molecule has 0 aliphatic carbocycles. The third kappa shape index (κ3) is 9.65. The number of primary amides is 1. The Balaban J connectivity index is 3.89. The van der Waals surface area contributed by atoms with E-state index in [1.165, 1.54) is 0 Å². The van der Waals surface area contributed by atoms with Gasteiger partial charge < -0.3 is 35.3 Å². The highest BCUT2D eigenvalue weighted by Crippen LogP contribution is 2.35. The number of ether oxygens (including phenoxy) is 4. The minimum Gasteiger partial charge on any atom is -0.464 e. The first-order chi connectivity index (χ1) is 17.6. The Morgan fingerprint density at radius 2 is 0.974 bits per heavy atom. The largest absolute Gasteiger partial charge is 0.464 e. The van der Waals surface area contributed by atoms with Gasteiger partial charge in [0.15, 0.2) is 0 Å². The van der Waals surface area contributed by atoms with Gasteiger partial charge >= 0.3 is 23.9 Å². The number of rotatable bonds is 12. The third-order valence-electron chi connectivity index (χ3n) is 4.75. The summed E-state index contributed by atoms with van der Waals surface area (Å²) < 4.78 is 21.3. The molecule has 0 aliphatic rings. The lowest BCUT2D eigenvalue weighted by molar-refractivity contribution is -0.150. The number of anilines is 1. The van der Waals surface area contributed by atoms with Gasteiger partial charge in [0.25, 0.3) is 11.8 Å². The zero-order valence-corrected chi connectivity index (χ0v) is 27.3. The van der Waals surface area contributed by atoms with Crippen molar-refractivity contribution in [3.8, 4) is 0 Å². The van der Waals surface area contributed by atoms with Crippen LogP contribution in [0.5, 0.6) is 0 Å². The molecule has 4 N–H and O–H groups in total. The lowest BCUT2D eigenvalue weighted by Gasteiger charge is -2.37. The Bertz CT molecular complexity index is 1050. The van der Waals surface area contributed by atoms with E-state index >= 15 is 0 Å². The van der Waals surface area contributed by atoms with Gasteiger partial charge in [0.1, 0.15) is 38.5 Å². The van der Waals surface area contributed by atoms with Crippen LogP contribution in [0, 0.1) is 10.7 Å². The van der Waals surface area contributed by atoms with Crippen LogP contribution in [0.15, 0.2) is 0 Å². The number of hydrogen-bond acceptors (Lipinski definition) is 11. The van der Waals surface area contributed by atoms with Crippen LogP contribution in [0.2, 0.25) is 0 Å². The first-order valence-corrected chi connectivity index (χ1v) is 13.9. The Kier molecular flexibility index (Phi) is 14.0.